The highest BCUT2D eigenvalue weighted by atomic mass is 32.2. The van der Waals surface area contributed by atoms with Crippen molar-refractivity contribution < 1.29 is 9.59 Å². The number of amides is 2. The number of hydrogen-bond acceptors (Lipinski definition) is 4. The average Bonchev–Trinajstić information content (AvgIpc) is 2.48. The van der Waals surface area contributed by atoms with Crippen LogP contribution in [-0.2, 0) is 9.59 Å². The topological polar surface area (TPSA) is 63.4 Å². The van der Waals surface area contributed by atoms with Crippen molar-refractivity contribution in [3.05, 3.63) is 0 Å². The number of hydrogen-bond donors (Lipinski definition) is 1. The fourth-order valence-electron chi connectivity index (χ4n) is 2.82. The maximum absolute atomic E-state index is 12.0. The van der Waals surface area contributed by atoms with E-state index in [1.807, 2.05) is 0 Å². The summed E-state index contributed by atoms with van der Waals surface area (Å²) in [6.45, 7) is 0. The highest BCUT2D eigenvalue weighted by Gasteiger charge is 2.29. The third-order valence-corrected chi connectivity index (χ3v) is 6.74. The molecule has 2 saturated carbocycles. The molecule has 0 saturated heterocycles. The largest absolute Gasteiger partial charge is 0.361 e. The highest BCUT2D eigenvalue weighted by Crippen LogP contribution is 2.39. The van der Waals surface area contributed by atoms with Gasteiger partial charge in [0.1, 0.15) is 0 Å². The summed E-state index contributed by atoms with van der Waals surface area (Å²) in [5.74, 6) is -1.38. The third-order valence-electron chi connectivity index (χ3n) is 3.97. The summed E-state index contributed by atoms with van der Waals surface area (Å²) in [7, 11) is 0. The molecule has 0 aromatic rings. The molecule has 2 rings (SSSR count). The Labute approximate surface area is 129 Å². The Morgan fingerprint density at radius 3 is 1.55 bits per heavy atom. The molecule has 2 fully saturated rings. The van der Waals surface area contributed by atoms with Gasteiger partial charge >= 0.3 is 11.8 Å². The van der Waals surface area contributed by atoms with Gasteiger partial charge in [-0.2, -0.15) is 0 Å². The van der Waals surface area contributed by atoms with Gasteiger partial charge in [-0.05, 0) is 49.6 Å². The SMILES string of the molecule is NC(=O)C(=O)N(SC1CCCCC1)SC1CCCCC1. The number of carbonyl (C=O) groups excluding carboxylic acids is 2. The van der Waals surface area contributed by atoms with Crippen molar-refractivity contribution >= 4 is 35.7 Å². The van der Waals surface area contributed by atoms with E-state index in [4.69, 9.17) is 5.73 Å². The monoisotopic (exact) mass is 316 g/mol. The molecule has 6 heteroatoms. The maximum Gasteiger partial charge on any atom is 0.331 e. The molecule has 0 spiro atoms. The second kappa shape index (κ2) is 8.17. The van der Waals surface area contributed by atoms with Crippen LogP contribution in [0.25, 0.3) is 0 Å². The first-order chi connectivity index (χ1) is 9.66. The van der Waals surface area contributed by atoms with E-state index in [2.05, 4.69) is 0 Å². The summed E-state index contributed by atoms with van der Waals surface area (Å²) >= 11 is 3.08. The zero-order valence-corrected chi connectivity index (χ0v) is 13.5. The zero-order valence-electron chi connectivity index (χ0n) is 11.9. The smallest absolute Gasteiger partial charge is 0.331 e. The van der Waals surface area contributed by atoms with Gasteiger partial charge in [0.05, 0.1) is 0 Å². The predicted octanol–water partition coefficient (Wildman–Crippen LogP) is 3.26. The average molecular weight is 316 g/mol. The number of nitrogens with two attached hydrogens (primary N) is 1. The Morgan fingerprint density at radius 1 is 0.800 bits per heavy atom. The molecule has 0 bridgehead atoms. The van der Waals surface area contributed by atoms with Crippen LogP contribution in [-0.4, -0.2) is 26.0 Å². The minimum Gasteiger partial charge on any atom is -0.361 e. The van der Waals surface area contributed by atoms with Crippen molar-refractivity contribution in [1.82, 2.24) is 3.71 Å². The molecular formula is C14H24N2O2S2. The summed E-state index contributed by atoms with van der Waals surface area (Å²) in [6.07, 6.45) is 12.0. The summed E-state index contributed by atoms with van der Waals surface area (Å²) in [6, 6.07) is 0. The molecule has 2 amide bonds. The van der Waals surface area contributed by atoms with Crippen LogP contribution in [0.1, 0.15) is 64.2 Å². The zero-order chi connectivity index (χ0) is 14.4. The second-order valence-electron chi connectivity index (χ2n) is 5.66. The lowest BCUT2D eigenvalue weighted by Gasteiger charge is -2.30. The van der Waals surface area contributed by atoms with Crippen LogP contribution < -0.4 is 5.73 Å². The van der Waals surface area contributed by atoms with Crippen LogP contribution in [0.15, 0.2) is 0 Å². The molecule has 0 atom stereocenters. The van der Waals surface area contributed by atoms with Crippen molar-refractivity contribution in [2.45, 2.75) is 74.7 Å². The molecule has 2 N–H and O–H groups in total. The lowest BCUT2D eigenvalue weighted by atomic mass is 10.0. The fourth-order valence-corrected chi connectivity index (χ4v) is 5.75. The van der Waals surface area contributed by atoms with Crippen LogP contribution in [0.4, 0.5) is 0 Å². The Hall–Kier alpha value is -0.360. The van der Waals surface area contributed by atoms with E-state index in [9.17, 15) is 9.59 Å². The van der Waals surface area contributed by atoms with Gasteiger partial charge in [-0.1, -0.05) is 38.5 Å². The fraction of sp³-hybridized carbons (Fsp3) is 0.857. The molecule has 2 aliphatic carbocycles. The van der Waals surface area contributed by atoms with Crippen LogP contribution in [0.5, 0.6) is 0 Å². The first-order valence-corrected chi connectivity index (χ1v) is 9.31. The number of carbonyl (C=O) groups is 2. The molecule has 0 unspecified atom stereocenters. The summed E-state index contributed by atoms with van der Waals surface area (Å²) in [5, 5.41) is 0.922. The van der Waals surface area contributed by atoms with Gasteiger partial charge in [-0.3, -0.25) is 9.59 Å². The lowest BCUT2D eigenvalue weighted by molar-refractivity contribution is -0.138. The minimum atomic E-state index is -0.836. The molecule has 0 heterocycles. The van der Waals surface area contributed by atoms with Crippen LogP contribution in [0.3, 0.4) is 0 Å². The Morgan fingerprint density at radius 2 is 1.20 bits per heavy atom. The minimum absolute atomic E-state index is 0.461. The van der Waals surface area contributed by atoms with E-state index in [0.29, 0.717) is 10.5 Å². The molecule has 114 valence electrons. The number of nitrogens with zero attached hydrogens (tertiary/aromatic N) is 1. The van der Waals surface area contributed by atoms with E-state index in [1.54, 1.807) is 27.6 Å². The van der Waals surface area contributed by atoms with Gasteiger partial charge in [0, 0.05) is 10.5 Å². The summed E-state index contributed by atoms with van der Waals surface area (Å²) in [4.78, 5) is 23.2. The summed E-state index contributed by atoms with van der Waals surface area (Å²) in [5.41, 5.74) is 5.19. The van der Waals surface area contributed by atoms with Crippen molar-refractivity contribution in [2.75, 3.05) is 0 Å². The van der Waals surface area contributed by atoms with Gasteiger partial charge in [-0.25, -0.2) is 3.71 Å². The predicted molar refractivity (Wildman–Crippen MR) is 85.0 cm³/mol. The number of primary amides is 1. The van der Waals surface area contributed by atoms with Gasteiger partial charge in [-0.15, -0.1) is 0 Å². The van der Waals surface area contributed by atoms with E-state index in [1.165, 1.54) is 38.5 Å². The van der Waals surface area contributed by atoms with Crippen molar-refractivity contribution in [2.24, 2.45) is 5.73 Å². The maximum atomic E-state index is 12.0. The molecule has 0 aromatic heterocycles. The van der Waals surface area contributed by atoms with Gasteiger partial charge in [0.2, 0.25) is 0 Å². The Bertz CT molecular complexity index is 320. The molecule has 4 nitrogen and oxygen atoms in total. The Kier molecular flexibility index (Phi) is 6.55. The highest BCUT2D eigenvalue weighted by molar-refractivity contribution is 8.13. The van der Waals surface area contributed by atoms with Crippen LogP contribution in [0, 0.1) is 0 Å². The van der Waals surface area contributed by atoms with E-state index < -0.39 is 11.8 Å². The van der Waals surface area contributed by atoms with Crippen molar-refractivity contribution in [3.63, 3.8) is 0 Å². The van der Waals surface area contributed by atoms with E-state index >= 15 is 0 Å². The quantitative estimate of drug-likeness (QED) is 0.639. The Balaban J connectivity index is 1.91. The number of rotatable bonds is 4. The first-order valence-electron chi connectivity index (χ1n) is 7.64. The lowest BCUT2D eigenvalue weighted by Crippen LogP contribution is -2.35. The standard InChI is InChI=1S/C14H24N2O2S2/c15-13(17)14(18)16(19-11-7-3-1-4-8-11)20-12-9-5-2-6-10-12/h11-12H,1-10H2,(H2,15,17). The third kappa shape index (κ3) is 4.88. The molecular weight excluding hydrogens is 292 g/mol. The van der Waals surface area contributed by atoms with E-state index in [0.717, 1.165) is 25.7 Å². The molecule has 0 aliphatic heterocycles. The summed E-state index contributed by atoms with van der Waals surface area (Å²) < 4.78 is 1.59. The normalized spacial score (nSPS) is 21.6. The van der Waals surface area contributed by atoms with Crippen LogP contribution >= 0.6 is 23.9 Å². The molecule has 0 aromatic carbocycles. The van der Waals surface area contributed by atoms with E-state index in [-0.39, 0.29) is 0 Å². The van der Waals surface area contributed by atoms with Gasteiger partial charge in [0.15, 0.2) is 0 Å². The van der Waals surface area contributed by atoms with Gasteiger partial charge in [0.25, 0.3) is 0 Å². The molecule has 2 aliphatic rings. The van der Waals surface area contributed by atoms with Crippen molar-refractivity contribution in [1.29, 1.82) is 0 Å². The molecule has 20 heavy (non-hydrogen) atoms. The van der Waals surface area contributed by atoms with Crippen molar-refractivity contribution in [3.8, 4) is 0 Å². The first kappa shape index (κ1) is 16.0. The molecule has 0 radical (unpaired) electrons. The van der Waals surface area contributed by atoms with Crippen LogP contribution in [0.2, 0.25) is 0 Å². The second-order valence-corrected chi connectivity index (χ2v) is 8.37. The van der Waals surface area contributed by atoms with Gasteiger partial charge < -0.3 is 5.73 Å².